The van der Waals surface area contributed by atoms with E-state index in [-0.39, 0.29) is 23.0 Å². The number of benzene rings is 1. The second kappa shape index (κ2) is 8.27. The number of nitrogens with zero attached hydrogens (tertiary/aromatic N) is 3. The Bertz CT molecular complexity index is 890. The van der Waals surface area contributed by atoms with Crippen LogP contribution in [0.3, 0.4) is 0 Å². The Morgan fingerprint density at radius 3 is 2.44 bits per heavy atom. The Hall–Kier alpha value is -2.79. The summed E-state index contributed by atoms with van der Waals surface area (Å²) in [4.78, 5) is 27.6. The minimum absolute atomic E-state index is 0.0295. The van der Waals surface area contributed by atoms with Gasteiger partial charge in [-0.1, -0.05) is 12.8 Å². The number of carbonyl (C=O) groups is 2. The van der Waals surface area contributed by atoms with E-state index in [9.17, 15) is 18.0 Å². The lowest BCUT2D eigenvalue weighted by Gasteiger charge is -2.13. The van der Waals surface area contributed by atoms with E-state index in [4.69, 9.17) is 0 Å². The monoisotopic (exact) mass is 392 g/mol. The Balaban J connectivity index is 1.54. The molecule has 11 heteroatoms. The normalized spacial score (nSPS) is 14.8. The number of carbonyl (C=O) groups excluding carboxylic acids is 2. The number of amides is 2. The lowest BCUT2D eigenvalue weighted by molar-refractivity contribution is -0.122. The molecule has 1 aromatic heterocycles. The third-order valence-electron chi connectivity index (χ3n) is 4.19. The molecule has 1 saturated carbocycles. The van der Waals surface area contributed by atoms with Crippen LogP contribution in [0.15, 0.2) is 41.8 Å². The average Bonchev–Trinajstić information content (AvgIpc) is 3.33. The molecular weight excluding hydrogens is 372 g/mol. The number of hydrazine groups is 1. The molecule has 0 atom stereocenters. The van der Waals surface area contributed by atoms with Crippen molar-refractivity contribution in [3.8, 4) is 0 Å². The number of sulfonamides is 1. The second-order valence-corrected chi connectivity index (χ2v) is 7.94. The van der Waals surface area contributed by atoms with Crippen LogP contribution in [0, 0.1) is 0 Å². The number of hydrogen-bond donors (Lipinski definition) is 3. The topological polar surface area (TPSA) is 135 Å². The Morgan fingerprint density at radius 1 is 1.11 bits per heavy atom. The third kappa shape index (κ3) is 5.11. The van der Waals surface area contributed by atoms with Gasteiger partial charge in [-0.05, 0) is 37.1 Å². The molecule has 144 valence electrons. The van der Waals surface area contributed by atoms with E-state index in [1.165, 1.54) is 41.6 Å². The standard InChI is InChI=1S/C16H20N6O4S/c23-15(9-22-11-17-10-18-22)19-20-16(24)12-5-7-14(8-6-12)27(25,26)21-13-3-1-2-4-13/h5-8,10-11,13,21H,1-4,9H2,(H,19,23)(H,20,24). The van der Waals surface area contributed by atoms with Crippen molar-refractivity contribution in [1.82, 2.24) is 30.3 Å². The van der Waals surface area contributed by atoms with Gasteiger partial charge in [-0.3, -0.25) is 20.4 Å². The zero-order valence-corrected chi connectivity index (χ0v) is 15.3. The lowest BCUT2D eigenvalue weighted by atomic mass is 10.2. The van der Waals surface area contributed by atoms with Crippen LogP contribution in [-0.2, 0) is 21.4 Å². The number of nitrogens with one attached hydrogen (secondary N) is 3. The summed E-state index contributed by atoms with van der Waals surface area (Å²) in [5.41, 5.74) is 4.74. The van der Waals surface area contributed by atoms with Crippen molar-refractivity contribution in [1.29, 1.82) is 0 Å². The summed E-state index contributed by atoms with van der Waals surface area (Å²) >= 11 is 0. The van der Waals surface area contributed by atoms with Gasteiger partial charge in [-0.15, -0.1) is 0 Å². The Morgan fingerprint density at radius 2 is 1.81 bits per heavy atom. The van der Waals surface area contributed by atoms with Crippen molar-refractivity contribution in [2.24, 2.45) is 0 Å². The molecule has 10 nitrogen and oxygen atoms in total. The minimum Gasteiger partial charge on any atom is -0.271 e. The first kappa shape index (κ1) is 19.0. The van der Waals surface area contributed by atoms with Crippen LogP contribution in [0.2, 0.25) is 0 Å². The van der Waals surface area contributed by atoms with Crippen molar-refractivity contribution >= 4 is 21.8 Å². The molecule has 27 heavy (non-hydrogen) atoms. The molecule has 1 heterocycles. The molecule has 0 unspecified atom stereocenters. The second-order valence-electron chi connectivity index (χ2n) is 6.22. The van der Waals surface area contributed by atoms with E-state index in [2.05, 4.69) is 25.7 Å². The van der Waals surface area contributed by atoms with E-state index >= 15 is 0 Å². The largest absolute Gasteiger partial charge is 0.271 e. The third-order valence-corrected chi connectivity index (χ3v) is 5.73. The highest BCUT2D eigenvalue weighted by molar-refractivity contribution is 7.89. The minimum atomic E-state index is -3.61. The molecule has 0 aliphatic heterocycles. The van der Waals surface area contributed by atoms with Crippen LogP contribution in [0.4, 0.5) is 0 Å². The molecule has 1 fully saturated rings. The molecular formula is C16H20N6O4S. The summed E-state index contributed by atoms with van der Waals surface area (Å²) < 4.78 is 28.7. The maximum absolute atomic E-state index is 12.4. The fourth-order valence-electron chi connectivity index (χ4n) is 2.82. The first-order valence-corrected chi connectivity index (χ1v) is 9.96. The highest BCUT2D eigenvalue weighted by atomic mass is 32.2. The van der Waals surface area contributed by atoms with E-state index in [1.807, 2.05) is 0 Å². The summed E-state index contributed by atoms with van der Waals surface area (Å²) in [6.07, 6.45) is 6.40. The van der Waals surface area contributed by atoms with Crippen LogP contribution in [0.1, 0.15) is 36.0 Å². The molecule has 1 aromatic carbocycles. The molecule has 1 aliphatic rings. The average molecular weight is 392 g/mol. The van der Waals surface area contributed by atoms with Gasteiger partial charge in [-0.25, -0.2) is 22.8 Å². The molecule has 1 aliphatic carbocycles. The molecule has 0 radical (unpaired) electrons. The van der Waals surface area contributed by atoms with Gasteiger partial charge in [0.25, 0.3) is 11.8 Å². The fraction of sp³-hybridized carbons (Fsp3) is 0.375. The van der Waals surface area contributed by atoms with Crippen LogP contribution in [-0.4, -0.2) is 41.0 Å². The molecule has 3 N–H and O–H groups in total. The van der Waals surface area contributed by atoms with Crippen molar-refractivity contribution in [3.63, 3.8) is 0 Å². The SMILES string of the molecule is O=C(Cn1cncn1)NNC(=O)c1ccc(S(=O)(=O)NC2CCCC2)cc1. The van der Waals surface area contributed by atoms with Gasteiger partial charge in [0.15, 0.2) is 0 Å². The maximum Gasteiger partial charge on any atom is 0.269 e. The number of hydrogen-bond acceptors (Lipinski definition) is 6. The summed E-state index contributed by atoms with van der Waals surface area (Å²) in [5, 5.41) is 3.78. The number of aromatic nitrogens is 3. The van der Waals surface area contributed by atoms with Crippen LogP contribution >= 0.6 is 0 Å². The predicted octanol–water partition coefficient (Wildman–Crippen LogP) is -0.0398. The molecule has 2 amide bonds. The molecule has 3 rings (SSSR count). The fourth-order valence-corrected chi connectivity index (χ4v) is 4.12. The van der Waals surface area contributed by atoms with E-state index in [0.717, 1.165) is 25.7 Å². The quantitative estimate of drug-likeness (QED) is 0.591. The van der Waals surface area contributed by atoms with Crippen molar-refractivity contribution in [2.75, 3.05) is 0 Å². The van der Waals surface area contributed by atoms with Gasteiger partial charge in [0.2, 0.25) is 10.0 Å². The highest BCUT2D eigenvalue weighted by Gasteiger charge is 2.23. The van der Waals surface area contributed by atoms with Crippen LogP contribution < -0.4 is 15.6 Å². The Kier molecular flexibility index (Phi) is 5.81. The molecule has 2 aromatic rings. The van der Waals surface area contributed by atoms with Crippen LogP contribution in [0.5, 0.6) is 0 Å². The summed E-state index contributed by atoms with van der Waals surface area (Å²) in [5.74, 6) is -1.04. The summed E-state index contributed by atoms with van der Waals surface area (Å²) in [6, 6.07) is 5.48. The van der Waals surface area contributed by atoms with Gasteiger partial charge in [0.05, 0.1) is 4.90 Å². The molecule has 0 saturated heterocycles. The van der Waals surface area contributed by atoms with Crippen molar-refractivity contribution < 1.29 is 18.0 Å². The van der Waals surface area contributed by atoms with Gasteiger partial charge >= 0.3 is 0 Å². The first-order valence-electron chi connectivity index (χ1n) is 8.48. The smallest absolute Gasteiger partial charge is 0.269 e. The molecule has 0 bridgehead atoms. The number of rotatable bonds is 6. The van der Waals surface area contributed by atoms with Gasteiger partial charge in [-0.2, -0.15) is 5.10 Å². The van der Waals surface area contributed by atoms with Gasteiger partial charge in [0.1, 0.15) is 19.2 Å². The van der Waals surface area contributed by atoms with Crippen molar-refractivity contribution in [2.45, 2.75) is 43.2 Å². The maximum atomic E-state index is 12.4. The van der Waals surface area contributed by atoms with Gasteiger partial charge in [0, 0.05) is 11.6 Å². The summed E-state index contributed by atoms with van der Waals surface area (Å²) in [7, 11) is -3.61. The first-order chi connectivity index (χ1) is 12.9. The zero-order chi connectivity index (χ0) is 19.3. The van der Waals surface area contributed by atoms with Gasteiger partial charge < -0.3 is 0 Å². The summed E-state index contributed by atoms with van der Waals surface area (Å²) in [6.45, 7) is -0.0930. The van der Waals surface area contributed by atoms with E-state index < -0.39 is 21.8 Å². The molecule has 0 spiro atoms. The van der Waals surface area contributed by atoms with Crippen molar-refractivity contribution in [3.05, 3.63) is 42.5 Å². The Labute approximate surface area is 156 Å². The van der Waals surface area contributed by atoms with Crippen LogP contribution in [0.25, 0.3) is 0 Å². The predicted molar refractivity (Wildman–Crippen MR) is 94.7 cm³/mol. The van der Waals surface area contributed by atoms with E-state index in [1.54, 1.807) is 0 Å². The van der Waals surface area contributed by atoms with E-state index in [0.29, 0.717) is 0 Å². The lowest BCUT2D eigenvalue weighted by Crippen LogP contribution is -2.43. The zero-order valence-electron chi connectivity index (χ0n) is 14.5. The highest BCUT2D eigenvalue weighted by Crippen LogP contribution is 2.20.